The van der Waals surface area contributed by atoms with Crippen molar-refractivity contribution >= 4 is 11.8 Å². The second kappa shape index (κ2) is 6.17. The molecule has 0 atom stereocenters. The van der Waals surface area contributed by atoms with E-state index in [0.29, 0.717) is 23.7 Å². The largest absolute Gasteiger partial charge is 0.354 e. The van der Waals surface area contributed by atoms with Gasteiger partial charge in [-0.1, -0.05) is 20.8 Å². The number of hydrogen-bond acceptors (Lipinski definition) is 4. The van der Waals surface area contributed by atoms with Crippen LogP contribution in [0.2, 0.25) is 0 Å². The minimum atomic E-state index is -0.324. The van der Waals surface area contributed by atoms with E-state index in [2.05, 4.69) is 41.0 Å². The molecule has 1 aromatic heterocycles. The van der Waals surface area contributed by atoms with Crippen LogP contribution < -0.4 is 10.2 Å². The molecule has 0 unspecified atom stereocenters. The maximum Gasteiger partial charge on any atom is 0.224 e. The number of halogens is 1. The van der Waals surface area contributed by atoms with Crippen molar-refractivity contribution in [3.05, 3.63) is 12.0 Å². The van der Waals surface area contributed by atoms with Crippen LogP contribution in [-0.4, -0.2) is 29.1 Å². The fraction of sp³-hybridized carbons (Fsp3) is 0.714. The van der Waals surface area contributed by atoms with E-state index >= 15 is 0 Å². The van der Waals surface area contributed by atoms with E-state index in [9.17, 15) is 4.39 Å². The van der Waals surface area contributed by atoms with E-state index in [4.69, 9.17) is 0 Å². The van der Waals surface area contributed by atoms with Gasteiger partial charge < -0.3 is 10.2 Å². The average Bonchev–Trinajstić information content (AvgIpc) is 3.19. The Morgan fingerprint density at radius 1 is 1.47 bits per heavy atom. The first-order chi connectivity index (χ1) is 9.11. The fourth-order valence-electron chi connectivity index (χ4n) is 2.07. The Bertz CT molecular complexity index is 418. The second-order valence-corrected chi connectivity index (χ2v) is 5.57. The zero-order valence-electron chi connectivity index (χ0n) is 12.0. The van der Waals surface area contributed by atoms with Gasteiger partial charge >= 0.3 is 0 Å². The summed E-state index contributed by atoms with van der Waals surface area (Å²) in [6.07, 6.45) is 4.53. The quantitative estimate of drug-likeness (QED) is 0.823. The summed E-state index contributed by atoms with van der Waals surface area (Å²) < 4.78 is 14.0. The van der Waals surface area contributed by atoms with E-state index in [-0.39, 0.29) is 5.82 Å². The van der Waals surface area contributed by atoms with Gasteiger partial charge in [-0.15, -0.1) is 0 Å². The van der Waals surface area contributed by atoms with E-state index in [1.165, 1.54) is 6.20 Å². The maximum absolute atomic E-state index is 14.0. The zero-order chi connectivity index (χ0) is 13.8. The lowest BCUT2D eigenvalue weighted by molar-refractivity contribution is 0.566. The summed E-state index contributed by atoms with van der Waals surface area (Å²) in [6, 6.07) is 0.450. The van der Waals surface area contributed by atoms with Crippen molar-refractivity contribution < 1.29 is 4.39 Å². The van der Waals surface area contributed by atoms with Crippen LogP contribution in [0.5, 0.6) is 0 Å². The summed E-state index contributed by atoms with van der Waals surface area (Å²) in [4.78, 5) is 10.4. The van der Waals surface area contributed by atoms with E-state index in [1.54, 1.807) is 0 Å². The molecule has 0 aliphatic heterocycles. The summed E-state index contributed by atoms with van der Waals surface area (Å²) in [6.45, 7) is 8.01. The highest BCUT2D eigenvalue weighted by Gasteiger charge is 2.32. The van der Waals surface area contributed by atoms with Crippen LogP contribution in [0.4, 0.5) is 16.2 Å². The van der Waals surface area contributed by atoms with Crippen LogP contribution in [0, 0.1) is 11.7 Å². The third-order valence-electron chi connectivity index (χ3n) is 3.08. The molecule has 1 aliphatic carbocycles. The number of nitrogens with zero attached hydrogens (tertiary/aromatic N) is 3. The van der Waals surface area contributed by atoms with Crippen LogP contribution in [0.25, 0.3) is 0 Å². The van der Waals surface area contributed by atoms with Crippen LogP contribution in [-0.2, 0) is 0 Å². The molecule has 0 saturated heterocycles. The van der Waals surface area contributed by atoms with Gasteiger partial charge in [0, 0.05) is 19.1 Å². The van der Waals surface area contributed by atoms with Crippen molar-refractivity contribution in [3.63, 3.8) is 0 Å². The first kappa shape index (κ1) is 14.0. The average molecular weight is 266 g/mol. The van der Waals surface area contributed by atoms with Gasteiger partial charge in [-0.2, -0.15) is 4.98 Å². The molecule has 0 aromatic carbocycles. The Kier molecular flexibility index (Phi) is 4.56. The molecule has 1 heterocycles. The van der Waals surface area contributed by atoms with Crippen molar-refractivity contribution in [2.75, 3.05) is 23.3 Å². The summed E-state index contributed by atoms with van der Waals surface area (Å²) >= 11 is 0. The highest BCUT2D eigenvalue weighted by molar-refractivity contribution is 5.46. The van der Waals surface area contributed by atoms with Gasteiger partial charge in [0.15, 0.2) is 11.6 Å². The van der Waals surface area contributed by atoms with Crippen LogP contribution in [0.15, 0.2) is 6.20 Å². The number of aromatic nitrogens is 2. The van der Waals surface area contributed by atoms with Gasteiger partial charge in [-0.3, -0.25) is 0 Å². The second-order valence-electron chi connectivity index (χ2n) is 5.57. The lowest BCUT2D eigenvalue weighted by Crippen LogP contribution is -2.31. The van der Waals surface area contributed by atoms with E-state index in [0.717, 1.165) is 32.4 Å². The van der Waals surface area contributed by atoms with Crippen molar-refractivity contribution in [1.29, 1.82) is 0 Å². The van der Waals surface area contributed by atoms with Crippen molar-refractivity contribution in [2.45, 2.75) is 46.1 Å². The first-order valence-electron chi connectivity index (χ1n) is 7.14. The van der Waals surface area contributed by atoms with Crippen molar-refractivity contribution in [2.24, 2.45) is 5.92 Å². The Hall–Kier alpha value is -1.39. The topological polar surface area (TPSA) is 41.1 Å². The van der Waals surface area contributed by atoms with Gasteiger partial charge in [-0.25, -0.2) is 9.37 Å². The monoisotopic (exact) mass is 266 g/mol. The summed E-state index contributed by atoms with van der Waals surface area (Å²) in [5, 5.41) is 3.11. The fourth-order valence-corrected chi connectivity index (χ4v) is 2.07. The third kappa shape index (κ3) is 3.78. The molecule has 0 spiro atoms. The minimum absolute atomic E-state index is 0.324. The summed E-state index contributed by atoms with van der Waals surface area (Å²) in [7, 11) is 0. The molecule has 1 aromatic rings. The van der Waals surface area contributed by atoms with Crippen molar-refractivity contribution in [3.8, 4) is 0 Å². The molecule has 2 rings (SSSR count). The molecular formula is C14H23FN4. The lowest BCUT2D eigenvalue weighted by Gasteiger charge is -2.26. The predicted molar refractivity (Wildman–Crippen MR) is 76.0 cm³/mol. The third-order valence-corrected chi connectivity index (χ3v) is 3.08. The molecule has 4 nitrogen and oxygen atoms in total. The molecule has 0 amide bonds. The Morgan fingerprint density at radius 3 is 2.79 bits per heavy atom. The molecule has 1 fully saturated rings. The van der Waals surface area contributed by atoms with Gasteiger partial charge in [0.25, 0.3) is 0 Å². The SMILES string of the molecule is CCCNc1ncc(F)c(N(CC(C)C)C2CC2)n1. The predicted octanol–water partition coefficient (Wildman–Crippen LogP) is 3.06. The number of nitrogens with one attached hydrogen (secondary N) is 1. The smallest absolute Gasteiger partial charge is 0.224 e. The normalized spacial score (nSPS) is 14.8. The highest BCUT2D eigenvalue weighted by atomic mass is 19.1. The van der Waals surface area contributed by atoms with Crippen molar-refractivity contribution in [1.82, 2.24) is 9.97 Å². The summed E-state index contributed by atoms with van der Waals surface area (Å²) in [5.74, 6) is 1.13. The summed E-state index contributed by atoms with van der Waals surface area (Å²) in [5.41, 5.74) is 0. The van der Waals surface area contributed by atoms with Gasteiger partial charge in [0.1, 0.15) is 0 Å². The maximum atomic E-state index is 14.0. The van der Waals surface area contributed by atoms with Crippen LogP contribution >= 0.6 is 0 Å². The van der Waals surface area contributed by atoms with Gasteiger partial charge in [-0.05, 0) is 25.2 Å². The Labute approximate surface area is 114 Å². The Balaban J connectivity index is 2.19. The minimum Gasteiger partial charge on any atom is -0.354 e. The molecule has 5 heteroatoms. The number of anilines is 2. The molecule has 106 valence electrons. The molecule has 1 saturated carbocycles. The molecule has 0 radical (unpaired) electrons. The molecule has 19 heavy (non-hydrogen) atoms. The first-order valence-corrected chi connectivity index (χ1v) is 7.14. The molecule has 1 N–H and O–H groups in total. The van der Waals surface area contributed by atoms with Gasteiger partial charge in [0.2, 0.25) is 5.95 Å². The standard InChI is InChI=1S/C14H23FN4/c1-4-7-16-14-17-8-12(15)13(18-14)19(9-10(2)3)11-5-6-11/h8,10-11H,4-7,9H2,1-3H3,(H,16,17,18). The molecular weight excluding hydrogens is 243 g/mol. The van der Waals surface area contributed by atoms with E-state index < -0.39 is 0 Å². The van der Waals surface area contributed by atoms with Crippen LogP contribution in [0.3, 0.4) is 0 Å². The van der Waals surface area contributed by atoms with Gasteiger partial charge in [0.05, 0.1) is 6.20 Å². The Morgan fingerprint density at radius 2 is 2.21 bits per heavy atom. The molecule has 1 aliphatic rings. The zero-order valence-corrected chi connectivity index (χ0v) is 12.0. The lowest BCUT2D eigenvalue weighted by atomic mass is 10.2. The number of rotatable bonds is 7. The molecule has 0 bridgehead atoms. The highest BCUT2D eigenvalue weighted by Crippen LogP contribution is 2.32. The van der Waals surface area contributed by atoms with Crippen LogP contribution in [0.1, 0.15) is 40.0 Å². The number of hydrogen-bond donors (Lipinski definition) is 1. The van der Waals surface area contributed by atoms with E-state index in [1.807, 2.05) is 0 Å².